The molecule has 5 heteroatoms. The van der Waals surface area contributed by atoms with Crippen molar-refractivity contribution in [2.45, 2.75) is 38.1 Å². The SMILES string of the molecule is O=P(O)(/C=C/CNC(CO)c1ccccc1)CC1CCCCC1. The molecule has 1 aliphatic rings. The highest BCUT2D eigenvalue weighted by atomic mass is 31.2. The highest BCUT2D eigenvalue weighted by Crippen LogP contribution is 2.46. The fourth-order valence-corrected chi connectivity index (χ4v) is 4.86. The highest BCUT2D eigenvalue weighted by molar-refractivity contribution is 7.61. The summed E-state index contributed by atoms with van der Waals surface area (Å²) in [6, 6.07) is 9.56. The van der Waals surface area contributed by atoms with Gasteiger partial charge in [0.2, 0.25) is 7.37 Å². The van der Waals surface area contributed by atoms with E-state index in [4.69, 9.17) is 0 Å². The molecular weight excluding hydrogens is 309 g/mol. The van der Waals surface area contributed by atoms with Crippen LogP contribution in [0.1, 0.15) is 43.7 Å². The third-order valence-corrected chi connectivity index (χ3v) is 6.17. The zero-order valence-electron chi connectivity index (χ0n) is 13.6. The molecular formula is C18H28NO3P. The Bertz CT molecular complexity index is 526. The van der Waals surface area contributed by atoms with Crippen molar-refractivity contribution in [2.24, 2.45) is 5.92 Å². The van der Waals surface area contributed by atoms with Gasteiger partial charge in [-0.15, -0.1) is 0 Å². The first-order valence-electron chi connectivity index (χ1n) is 8.49. The normalized spacial score (nSPS) is 20.4. The molecule has 1 aromatic rings. The minimum atomic E-state index is -3.18. The molecule has 0 saturated heterocycles. The number of hydrogen-bond acceptors (Lipinski definition) is 3. The Morgan fingerprint density at radius 2 is 1.91 bits per heavy atom. The first-order valence-corrected chi connectivity index (χ1v) is 10.4. The van der Waals surface area contributed by atoms with Gasteiger partial charge in [0, 0.05) is 12.7 Å². The third kappa shape index (κ3) is 6.60. The molecule has 1 saturated carbocycles. The molecule has 128 valence electrons. The predicted molar refractivity (Wildman–Crippen MR) is 94.7 cm³/mol. The minimum Gasteiger partial charge on any atom is -0.394 e. The lowest BCUT2D eigenvalue weighted by Crippen LogP contribution is -2.24. The zero-order valence-corrected chi connectivity index (χ0v) is 14.5. The second-order valence-electron chi connectivity index (χ2n) is 6.38. The summed E-state index contributed by atoms with van der Waals surface area (Å²) in [5.74, 6) is 1.86. The molecule has 2 unspecified atom stereocenters. The number of nitrogens with one attached hydrogen (secondary N) is 1. The van der Waals surface area contributed by atoms with E-state index in [-0.39, 0.29) is 12.6 Å². The largest absolute Gasteiger partial charge is 0.394 e. The standard InChI is InChI=1S/C18H28NO3P/c20-14-18(17-10-5-2-6-11-17)19-12-7-13-23(21,22)15-16-8-3-1-4-9-16/h2,5-7,10-11,13,16,18-20H,1,3-4,8-9,12,14-15H2,(H,21,22)/b13-7+. The lowest BCUT2D eigenvalue weighted by Gasteiger charge is -2.22. The lowest BCUT2D eigenvalue weighted by atomic mass is 9.91. The van der Waals surface area contributed by atoms with E-state index in [1.165, 1.54) is 25.1 Å². The van der Waals surface area contributed by atoms with Gasteiger partial charge in [-0.05, 0) is 30.1 Å². The summed E-state index contributed by atoms with van der Waals surface area (Å²) >= 11 is 0. The van der Waals surface area contributed by atoms with Crippen molar-refractivity contribution in [2.75, 3.05) is 19.3 Å². The van der Waals surface area contributed by atoms with Crippen LogP contribution in [0, 0.1) is 5.92 Å². The lowest BCUT2D eigenvalue weighted by molar-refractivity contribution is 0.248. The first-order chi connectivity index (χ1) is 11.1. The average molecular weight is 337 g/mol. The van der Waals surface area contributed by atoms with Gasteiger partial charge < -0.3 is 15.3 Å². The van der Waals surface area contributed by atoms with Gasteiger partial charge >= 0.3 is 0 Å². The Morgan fingerprint density at radius 3 is 2.57 bits per heavy atom. The van der Waals surface area contributed by atoms with Gasteiger partial charge in [-0.3, -0.25) is 4.57 Å². The summed E-state index contributed by atoms with van der Waals surface area (Å²) in [4.78, 5) is 10.1. The molecule has 2 rings (SSSR count). The molecule has 0 bridgehead atoms. The van der Waals surface area contributed by atoms with Crippen molar-refractivity contribution in [1.82, 2.24) is 5.32 Å². The van der Waals surface area contributed by atoms with Crippen LogP contribution in [-0.2, 0) is 4.57 Å². The molecule has 0 spiro atoms. The van der Waals surface area contributed by atoms with Crippen LogP contribution in [0.2, 0.25) is 0 Å². The maximum absolute atomic E-state index is 12.3. The molecule has 0 heterocycles. The second-order valence-corrected chi connectivity index (χ2v) is 8.56. The van der Waals surface area contributed by atoms with Crippen LogP contribution in [-0.4, -0.2) is 29.3 Å². The molecule has 0 aliphatic heterocycles. The Morgan fingerprint density at radius 1 is 1.22 bits per heavy atom. The molecule has 3 N–H and O–H groups in total. The number of rotatable bonds is 8. The van der Waals surface area contributed by atoms with Crippen LogP contribution < -0.4 is 5.32 Å². The third-order valence-electron chi connectivity index (χ3n) is 4.45. The quantitative estimate of drug-likeness (QED) is 0.633. The highest BCUT2D eigenvalue weighted by Gasteiger charge is 2.23. The van der Waals surface area contributed by atoms with E-state index >= 15 is 0 Å². The summed E-state index contributed by atoms with van der Waals surface area (Å²) in [5.41, 5.74) is 1.01. The number of aliphatic hydroxyl groups excluding tert-OH is 1. The Balaban J connectivity index is 1.79. The van der Waals surface area contributed by atoms with Crippen molar-refractivity contribution in [3.63, 3.8) is 0 Å². The maximum atomic E-state index is 12.3. The summed E-state index contributed by atoms with van der Waals surface area (Å²) in [7, 11) is -3.18. The zero-order chi connectivity index (χ0) is 16.5. The van der Waals surface area contributed by atoms with E-state index in [9.17, 15) is 14.6 Å². The molecule has 1 aliphatic carbocycles. The van der Waals surface area contributed by atoms with E-state index in [0.717, 1.165) is 18.4 Å². The van der Waals surface area contributed by atoms with Gasteiger partial charge in [-0.1, -0.05) is 55.7 Å². The number of benzene rings is 1. The number of hydrogen-bond donors (Lipinski definition) is 3. The molecule has 0 amide bonds. The van der Waals surface area contributed by atoms with Crippen LogP contribution in [0.3, 0.4) is 0 Å². The van der Waals surface area contributed by atoms with Gasteiger partial charge in [-0.2, -0.15) is 0 Å². The van der Waals surface area contributed by atoms with Gasteiger partial charge in [0.25, 0.3) is 0 Å². The summed E-state index contributed by atoms with van der Waals surface area (Å²) in [6.07, 6.45) is 7.92. The van der Waals surface area contributed by atoms with Crippen molar-refractivity contribution >= 4 is 7.37 Å². The van der Waals surface area contributed by atoms with Crippen LogP contribution in [0.5, 0.6) is 0 Å². The van der Waals surface area contributed by atoms with Gasteiger partial charge in [0.05, 0.1) is 12.6 Å². The molecule has 23 heavy (non-hydrogen) atoms. The topological polar surface area (TPSA) is 69.6 Å². The van der Waals surface area contributed by atoms with Crippen LogP contribution in [0.15, 0.2) is 42.2 Å². The van der Waals surface area contributed by atoms with Crippen molar-refractivity contribution in [1.29, 1.82) is 0 Å². The molecule has 1 aromatic carbocycles. The van der Waals surface area contributed by atoms with E-state index in [2.05, 4.69) is 5.32 Å². The van der Waals surface area contributed by atoms with Crippen LogP contribution in [0.25, 0.3) is 0 Å². The monoisotopic (exact) mass is 337 g/mol. The minimum absolute atomic E-state index is 0.00326. The van der Waals surface area contributed by atoms with E-state index in [1.807, 2.05) is 30.3 Å². The first kappa shape index (κ1) is 18.4. The fourth-order valence-electron chi connectivity index (χ4n) is 3.20. The Hall–Kier alpha value is -0.930. The van der Waals surface area contributed by atoms with Gasteiger partial charge in [0.1, 0.15) is 0 Å². The molecule has 4 nitrogen and oxygen atoms in total. The maximum Gasteiger partial charge on any atom is 0.222 e. The van der Waals surface area contributed by atoms with Crippen molar-refractivity contribution in [3.05, 3.63) is 47.8 Å². The summed E-state index contributed by atoms with van der Waals surface area (Å²) < 4.78 is 12.3. The van der Waals surface area contributed by atoms with Gasteiger partial charge in [0.15, 0.2) is 0 Å². The van der Waals surface area contributed by atoms with Crippen LogP contribution in [0.4, 0.5) is 0 Å². The molecule has 0 radical (unpaired) electrons. The summed E-state index contributed by atoms with van der Waals surface area (Å²) in [6.45, 7) is 0.464. The predicted octanol–water partition coefficient (Wildman–Crippen LogP) is 3.67. The van der Waals surface area contributed by atoms with E-state index in [1.54, 1.807) is 6.08 Å². The van der Waals surface area contributed by atoms with Gasteiger partial charge in [-0.25, -0.2) is 0 Å². The van der Waals surface area contributed by atoms with Crippen LogP contribution >= 0.6 is 7.37 Å². The molecule has 0 aromatic heterocycles. The van der Waals surface area contributed by atoms with Crippen molar-refractivity contribution < 1.29 is 14.6 Å². The van der Waals surface area contributed by atoms with E-state index < -0.39 is 7.37 Å². The Kier molecular flexibility index (Phi) is 7.51. The number of aliphatic hydroxyl groups is 1. The smallest absolute Gasteiger partial charge is 0.222 e. The average Bonchev–Trinajstić information content (AvgIpc) is 2.56. The Labute approximate surface area is 139 Å². The van der Waals surface area contributed by atoms with E-state index in [0.29, 0.717) is 18.6 Å². The molecule has 2 atom stereocenters. The van der Waals surface area contributed by atoms with Crippen molar-refractivity contribution in [3.8, 4) is 0 Å². The fraction of sp³-hybridized carbons (Fsp3) is 0.556. The summed E-state index contributed by atoms with van der Waals surface area (Å²) in [5, 5.41) is 12.7. The molecule has 1 fully saturated rings. The second kappa shape index (κ2) is 9.39.